The first kappa shape index (κ1) is 13.1. The van der Waals surface area contributed by atoms with Crippen molar-refractivity contribution >= 4 is 17.0 Å². The number of halogens is 1. The molecule has 0 amide bonds. The molecule has 0 radical (unpaired) electrons. The smallest absolute Gasteiger partial charge is 0.146 e. The van der Waals surface area contributed by atoms with Crippen molar-refractivity contribution in [3.8, 4) is 0 Å². The van der Waals surface area contributed by atoms with Gasteiger partial charge in [0.25, 0.3) is 0 Å². The normalized spacial score (nSPS) is 10.8. The molecule has 1 aromatic heterocycles. The summed E-state index contributed by atoms with van der Waals surface area (Å²) >= 11 is 1.80. The van der Waals surface area contributed by atoms with Gasteiger partial charge in [-0.15, -0.1) is 11.3 Å². The maximum atomic E-state index is 13.2. The summed E-state index contributed by atoms with van der Waals surface area (Å²) < 4.78 is 13.2. The number of aryl methyl sites for hydroxylation is 2. The van der Waals surface area contributed by atoms with Crippen LogP contribution in [0.15, 0.2) is 24.3 Å². The second kappa shape index (κ2) is 5.50. The Morgan fingerprint density at radius 2 is 2.00 bits per heavy atom. The maximum Gasteiger partial charge on any atom is 0.146 e. The molecule has 0 bridgehead atoms. The van der Waals surface area contributed by atoms with Gasteiger partial charge in [0.2, 0.25) is 0 Å². The first-order chi connectivity index (χ1) is 8.56. The number of hydrogen-bond acceptors (Lipinski definition) is 3. The lowest BCUT2D eigenvalue weighted by Crippen LogP contribution is -2.12. The van der Waals surface area contributed by atoms with Crippen LogP contribution in [0.3, 0.4) is 0 Å². The second-order valence-corrected chi connectivity index (χ2v) is 5.75. The third kappa shape index (κ3) is 3.09. The predicted octanol–water partition coefficient (Wildman–Crippen LogP) is 3.38. The van der Waals surface area contributed by atoms with E-state index in [0.29, 0.717) is 6.54 Å². The topological polar surface area (TPSA) is 38.0 Å². The maximum absolute atomic E-state index is 13.2. The number of thiophene rings is 1. The quantitative estimate of drug-likeness (QED) is 0.831. The zero-order chi connectivity index (χ0) is 13.1. The summed E-state index contributed by atoms with van der Waals surface area (Å²) in [6.07, 6.45) is 0. The lowest BCUT2D eigenvalue weighted by molar-refractivity contribution is 0.625. The van der Waals surface area contributed by atoms with Crippen LogP contribution in [-0.2, 0) is 13.1 Å². The summed E-state index contributed by atoms with van der Waals surface area (Å²) in [7, 11) is 0. The zero-order valence-electron chi connectivity index (χ0n) is 10.6. The third-order valence-electron chi connectivity index (χ3n) is 2.91. The van der Waals surface area contributed by atoms with E-state index >= 15 is 0 Å². The van der Waals surface area contributed by atoms with Gasteiger partial charge in [-0.05, 0) is 43.2 Å². The lowest BCUT2D eigenvalue weighted by atomic mass is 10.2. The van der Waals surface area contributed by atoms with Gasteiger partial charge in [0.15, 0.2) is 0 Å². The van der Waals surface area contributed by atoms with Crippen molar-refractivity contribution in [3.05, 3.63) is 51.0 Å². The molecule has 18 heavy (non-hydrogen) atoms. The standard InChI is InChI=1S/C14H17FN2S/c1-9-5-12(18-10(9)2)8-17-7-11-3-4-14(16)13(15)6-11/h3-6,17H,7-8,16H2,1-2H3. The van der Waals surface area contributed by atoms with E-state index < -0.39 is 0 Å². The summed E-state index contributed by atoms with van der Waals surface area (Å²) in [5.74, 6) is -0.350. The zero-order valence-corrected chi connectivity index (χ0v) is 11.4. The lowest BCUT2D eigenvalue weighted by Gasteiger charge is -2.04. The highest BCUT2D eigenvalue weighted by Crippen LogP contribution is 2.20. The largest absolute Gasteiger partial charge is 0.396 e. The molecule has 0 atom stereocenters. The van der Waals surface area contributed by atoms with E-state index in [4.69, 9.17) is 5.73 Å². The minimum absolute atomic E-state index is 0.197. The van der Waals surface area contributed by atoms with E-state index in [9.17, 15) is 4.39 Å². The van der Waals surface area contributed by atoms with Gasteiger partial charge in [-0.2, -0.15) is 0 Å². The van der Waals surface area contributed by atoms with Gasteiger partial charge in [-0.3, -0.25) is 0 Å². The van der Waals surface area contributed by atoms with Gasteiger partial charge in [0.05, 0.1) is 5.69 Å². The molecule has 0 unspecified atom stereocenters. The van der Waals surface area contributed by atoms with Gasteiger partial charge in [0, 0.05) is 22.8 Å². The fourth-order valence-corrected chi connectivity index (χ4v) is 2.77. The fourth-order valence-electron chi connectivity index (χ4n) is 1.75. The molecule has 0 aliphatic heterocycles. The van der Waals surface area contributed by atoms with Crippen LogP contribution in [0, 0.1) is 19.7 Å². The Kier molecular flexibility index (Phi) is 3.99. The molecule has 4 heteroatoms. The Morgan fingerprint density at radius 1 is 1.22 bits per heavy atom. The summed E-state index contributed by atoms with van der Waals surface area (Å²) in [4.78, 5) is 2.66. The van der Waals surface area contributed by atoms with Crippen molar-refractivity contribution in [1.82, 2.24) is 5.32 Å². The number of nitrogen functional groups attached to an aromatic ring is 1. The Balaban J connectivity index is 1.90. The molecular formula is C14H17FN2S. The van der Waals surface area contributed by atoms with Crippen molar-refractivity contribution < 1.29 is 4.39 Å². The van der Waals surface area contributed by atoms with Crippen LogP contribution in [0.4, 0.5) is 10.1 Å². The van der Waals surface area contributed by atoms with Crippen LogP contribution < -0.4 is 11.1 Å². The van der Waals surface area contributed by atoms with Gasteiger partial charge >= 0.3 is 0 Å². The SMILES string of the molecule is Cc1cc(CNCc2ccc(N)c(F)c2)sc1C. The molecule has 2 aromatic rings. The van der Waals surface area contributed by atoms with Crippen LogP contribution in [0.5, 0.6) is 0 Å². The third-order valence-corrected chi connectivity index (χ3v) is 4.06. The predicted molar refractivity (Wildman–Crippen MR) is 75.1 cm³/mol. The Labute approximate surface area is 111 Å². The monoisotopic (exact) mass is 264 g/mol. The average molecular weight is 264 g/mol. The van der Waals surface area contributed by atoms with Gasteiger partial charge in [-0.25, -0.2) is 4.39 Å². The Bertz CT molecular complexity index is 529. The molecule has 2 rings (SSSR count). The van der Waals surface area contributed by atoms with E-state index in [1.807, 2.05) is 6.07 Å². The van der Waals surface area contributed by atoms with Crippen LogP contribution in [0.2, 0.25) is 0 Å². The molecular weight excluding hydrogens is 247 g/mol. The van der Waals surface area contributed by atoms with Gasteiger partial charge in [-0.1, -0.05) is 6.07 Å². The minimum atomic E-state index is -0.350. The van der Waals surface area contributed by atoms with Crippen LogP contribution >= 0.6 is 11.3 Å². The summed E-state index contributed by atoms with van der Waals surface area (Å²) in [6.45, 7) is 5.70. The van der Waals surface area contributed by atoms with Crippen molar-refractivity contribution in [3.63, 3.8) is 0 Å². The highest BCUT2D eigenvalue weighted by Gasteiger charge is 2.02. The van der Waals surface area contributed by atoms with Crippen LogP contribution in [-0.4, -0.2) is 0 Å². The molecule has 1 heterocycles. The average Bonchev–Trinajstić information content (AvgIpc) is 2.63. The molecule has 0 spiro atoms. The highest BCUT2D eigenvalue weighted by atomic mass is 32.1. The van der Waals surface area contributed by atoms with E-state index in [0.717, 1.165) is 12.1 Å². The fraction of sp³-hybridized carbons (Fsp3) is 0.286. The highest BCUT2D eigenvalue weighted by molar-refractivity contribution is 7.12. The Hall–Kier alpha value is -1.39. The summed E-state index contributed by atoms with van der Waals surface area (Å²) in [6, 6.07) is 7.12. The van der Waals surface area contributed by atoms with Crippen LogP contribution in [0.1, 0.15) is 20.9 Å². The Morgan fingerprint density at radius 3 is 2.61 bits per heavy atom. The van der Waals surface area contributed by atoms with Crippen molar-refractivity contribution in [2.45, 2.75) is 26.9 Å². The number of nitrogens with two attached hydrogens (primary N) is 1. The van der Waals surface area contributed by atoms with E-state index in [1.54, 1.807) is 17.4 Å². The molecule has 96 valence electrons. The van der Waals surface area contributed by atoms with Crippen LogP contribution in [0.25, 0.3) is 0 Å². The van der Waals surface area contributed by atoms with Gasteiger partial charge < -0.3 is 11.1 Å². The molecule has 0 aliphatic carbocycles. The van der Waals surface area contributed by atoms with E-state index in [-0.39, 0.29) is 11.5 Å². The van der Waals surface area contributed by atoms with Crippen molar-refractivity contribution in [2.75, 3.05) is 5.73 Å². The first-order valence-electron chi connectivity index (χ1n) is 5.87. The summed E-state index contributed by atoms with van der Waals surface area (Å²) in [5, 5.41) is 3.31. The molecule has 2 nitrogen and oxygen atoms in total. The van der Waals surface area contributed by atoms with Gasteiger partial charge in [0.1, 0.15) is 5.82 Å². The van der Waals surface area contributed by atoms with Crippen molar-refractivity contribution in [2.24, 2.45) is 0 Å². The second-order valence-electron chi connectivity index (χ2n) is 4.41. The molecule has 3 N–H and O–H groups in total. The molecule has 0 aliphatic rings. The van der Waals surface area contributed by atoms with E-state index in [1.165, 1.54) is 21.4 Å². The number of nitrogens with one attached hydrogen (secondary N) is 1. The summed E-state index contributed by atoms with van der Waals surface area (Å²) in [5.41, 5.74) is 7.87. The van der Waals surface area contributed by atoms with Crippen molar-refractivity contribution in [1.29, 1.82) is 0 Å². The number of benzene rings is 1. The number of anilines is 1. The number of rotatable bonds is 4. The molecule has 0 saturated carbocycles. The first-order valence-corrected chi connectivity index (χ1v) is 6.68. The van der Waals surface area contributed by atoms with E-state index in [2.05, 4.69) is 25.2 Å². The molecule has 1 aromatic carbocycles. The number of hydrogen-bond donors (Lipinski definition) is 2. The molecule has 0 fully saturated rings. The minimum Gasteiger partial charge on any atom is -0.396 e. The molecule has 0 saturated heterocycles.